The lowest BCUT2D eigenvalue weighted by molar-refractivity contribution is 0.0601. The zero-order chi connectivity index (χ0) is 18.5. The van der Waals surface area contributed by atoms with Crippen molar-refractivity contribution in [3.05, 3.63) is 70.2 Å². The first-order chi connectivity index (χ1) is 12.6. The number of aryl methyl sites for hydroxylation is 1. The monoisotopic (exact) mass is 413 g/mol. The molecule has 5 heteroatoms. The van der Waals surface area contributed by atoms with Crippen LogP contribution in [0.4, 0.5) is 5.69 Å². The van der Waals surface area contributed by atoms with E-state index < -0.39 is 0 Å². The number of halogens is 1. The van der Waals surface area contributed by atoms with Crippen LogP contribution in [0.15, 0.2) is 59.1 Å². The van der Waals surface area contributed by atoms with E-state index in [-0.39, 0.29) is 5.97 Å². The molecule has 3 aromatic rings. The maximum absolute atomic E-state index is 12.0. The van der Waals surface area contributed by atoms with Gasteiger partial charge in [-0.15, -0.1) is 0 Å². The van der Waals surface area contributed by atoms with Gasteiger partial charge in [0.1, 0.15) is 12.4 Å². The molecule has 0 radical (unpaired) electrons. The summed E-state index contributed by atoms with van der Waals surface area (Å²) in [5, 5.41) is 5.59. The average Bonchev–Trinajstić information content (AvgIpc) is 2.65. The summed E-state index contributed by atoms with van der Waals surface area (Å²) < 4.78 is 11.5. The third kappa shape index (κ3) is 4.17. The van der Waals surface area contributed by atoms with Crippen LogP contribution in [0.5, 0.6) is 5.75 Å². The van der Waals surface area contributed by atoms with Crippen LogP contribution in [-0.4, -0.2) is 26.2 Å². The van der Waals surface area contributed by atoms with E-state index in [0.29, 0.717) is 24.4 Å². The number of hydrogen-bond donors (Lipinski definition) is 1. The Balaban J connectivity index is 1.65. The first-order valence-corrected chi connectivity index (χ1v) is 9.11. The number of ether oxygens (including phenoxy) is 2. The van der Waals surface area contributed by atoms with Gasteiger partial charge in [-0.1, -0.05) is 30.3 Å². The van der Waals surface area contributed by atoms with Crippen LogP contribution in [0.25, 0.3) is 10.8 Å². The predicted octanol–water partition coefficient (Wildman–Crippen LogP) is 5.19. The summed E-state index contributed by atoms with van der Waals surface area (Å²) >= 11 is 3.51. The Morgan fingerprint density at radius 1 is 1.08 bits per heavy atom. The Bertz CT molecular complexity index is 940. The van der Waals surface area contributed by atoms with Crippen molar-refractivity contribution in [2.24, 2.45) is 0 Å². The number of anilines is 1. The van der Waals surface area contributed by atoms with Gasteiger partial charge in [-0.3, -0.25) is 0 Å². The summed E-state index contributed by atoms with van der Waals surface area (Å²) in [5.74, 6) is 0.453. The minimum absolute atomic E-state index is 0.368. The quantitative estimate of drug-likeness (QED) is 0.446. The first kappa shape index (κ1) is 18.3. The second-order valence-corrected chi connectivity index (χ2v) is 6.80. The van der Waals surface area contributed by atoms with E-state index >= 15 is 0 Å². The highest BCUT2D eigenvalue weighted by atomic mass is 79.9. The van der Waals surface area contributed by atoms with Gasteiger partial charge in [-0.2, -0.15) is 0 Å². The van der Waals surface area contributed by atoms with Crippen LogP contribution < -0.4 is 10.1 Å². The maximum atomic E-state index is 12.0. The van der Waals surface area contributed by atoms with Crippen molar-refractivity contribution >= 4 is 38.4 Å². The number of benzene rings is 3. The molecule has 0 spiro atoms. The Labute approximate surface area is 161 Å². The zero-order valence-electron chi connectivity index (χ0n) is 14.7. The molecule has 134 valence electrons. The van der Waals surface area contributed by atoms with Crippen LogP contribution >= 0.6 is 15.9 Å². The first-order valence-electron chi connectivity index (χ1n) is 8.32. The van der Waals surface area contributed by atoms with Gasteiger partial charge in [0.25, 0.3) is 0 Å². The van der Waals surface area contributed by atoms with Crippen molar-refractivity contribution in [2.45, 2.75) is 6.92 Å². The molecule has 0 bridgehead atoms. The molecule has 1 N–H and O–H groups in total. The van der Waals surface area contributed by atoms with Crippen molar-refractivity contribution in [3.8, 4) is 5.75 Å². The van der Waals surface area contributed by atoms with E-state index in [0.717, 1.165) is 21.2 Å². The second kappa shape index (κ2) is 8.23. The molecule has 0 heterocycles. The Morgan fingerprint density at radius 3 is 2.62 bits per heavy atom. The Kier molecular flexibility index (Phi) is 5.78. The molecular formula is C21H20BrNO3. The molecular weight excluding hydrogens is 394 g/mol. The molecule has 3 aromatic carbocycles. The third-order valence-electron chi connectivity index (χ3n) is 4.03. The van der Waals surface area contributed by atoms with Gasteiger partial charge in [-0.05, 0) is 63.5 Å². The van der Waals surface area contributed by atoms with Crippen LogP contribution in [0, 0.1) is 6.92 Å². The number of carbonyl (C=O) groups is 1. The van der Waals surface area contributed by atoms with E-state index in [1.165, 1.54) is 12.5 Å². The number of fused-ring (bicyclic) bond motifs is 1. The lowest BCUT2D eigenvalue weighted by Gasteiger charge is -2.14. The number of carbonyl (C=O) groups excluding carboxylic acids is 1. The fourth-order valence-corrected chi connectivity index (χ4v) is 3.51. The fourth-order valence-electron chi connectivity index (χ4n) is 2.79. The van der Waals surface area contributed by atoms with E-state index in [1.807, 2.05) is 49.4 Å². The summed E-state index contributed by atoms with van der Waals surface area (Å²) in [6.45, 7) is 2.96. The van der Waals surface area contributed by atoms with E-state index in [4.69, 9.17) is 9.47 Å². The topological polar surface area (TPSA) is 47.6 Å². The van der Waals surface area contributed by atoms with Crippen LogP contribution in [0.3, 0.4) is 0 Å². The molecule has 0 fully saturated rings. The summed E-state index contributed by atoms with van der Waals surface area (Å²) in [6.07, 6.45) is 0. The van der Waals surface area contributed by atoms with Gasteiger partial charge in [-0.25, -0.2) is 4.79 Å². The minimum Gasteiger partial charge on any atom is -0.492 e. The van der Waals surface area contributed by atoms with Crippen molar-refractivity contribution < 1.29 is 14.3 Å². The van der Waals surface area contributed by atoms with E-state index in [9.17, 15) is 4.79 Å². The summed E-state index contributed by atoms with van der Waals surface area (Å²) in [6, 6.07) is 18.0. The number of methoxy groups -OCH3 is 1. The van der Waals surface area contributed by atoms with E-state index in [1.54, 1.807) is 0 Å². The molecule has 0 amide bonds. The molecule has 26 heavy (non-hydrogen) atoms. The van der Waals surface area contributed by atoms with Gasteiger partial charge in [0, 0.05) is 11.0 Å². The molecule has 0 aromatic heterocycles. The number of rotatable bonds is 6. The largest absolute Gasteiger partial charge is 0.492 e. The summed E-state index contributed by atoms with van der Waals surface area (Å²) in [4.78, 5) is 12.0. The van der Waals surface area contributed by atoms with Crippen LogP contribution in [0.2, 0.25) is 0 Å². The second-order valence-electron chi connectivity index (χ2n) is 5.95. The van der Waals surface area contributed by atoms with Crippen molar-refractivity contribution in [1.82, 2.24) is 0 Å². The highest BCUT2D eigenvalue weighted by Crippen LogP contribution is 2.29. The van der Waals surface area contributed by atoms with Crippen molar-refractivity contribution in [2.75, 3.05) is 25.6 Å². The molecule has 0 aliphatic rings. The van der Waals surface area contributed by atoms with Crippen LogP contribution in [-0.2, 0) is 4.74 Å². The zero-order valence-corrected chi connectivity index (χ0v) is 16.3. The Hall–Kier alpha value is -2.53. The molecule has 4 nitrogen and oxygen atoms in total. The standard InChI is InChI=1S/C21H20BrNO3/c1-14-11-18(21(24)25-2)20(19(22)12-14)23-9-10-26-17-8-7-15-5-3-4-6-16(15)13-17/h3-8,11-13,23H,9-10H2,1-2H3. The third-order valence-corrected chi connectivity index (χ3v) is 4.66. The molecule has 0 saturated carbocycles. The summed E-state index contributed by atoms with van der Waals surface area (Å²) in [5.41, 5.74) is 2.20. The smallest absolute Gasteiger partial charge is 0.340 e. The lowest BCUT2D eigenvalue weighted by atomic mass is 10.1. The number of nitrogens with one attached hydrogen (secondary N) is 1. The normalized spacial score (nSPS) is 10.6. The number of esters is 1. The van der Waals surface area contributed by atoms with Crippen molar-refractivity contribution in [3.63, 3.8) is 0 Å². The van der Waals surface area contributed by atoms with Gasteiger partial charge < -0.3 is 14.8 Å². The highest BCUT2D eigenvalue weighted by Gasteiger charge is 2.15. The average molecular weight is 414 g/mol. The Morgan fingerprint density at radius 2 is 1.85 bits per heavy atom. The highest BCUT2D eigenvalue weighted by molar-refractivity contribution is 9.10. The molecule has 0 aliphatic heterocycles. The fraction of sp³-hybridized carbons (Fsp3) is 0.190. The molecule has 0 aliphatic carbocycles. The number of hydrogen-bond acceptors (Lipinski definition) is 4. The van der Waals surface area contributed by atoms with Gasteiger partial charge in [0.05, 0.1) is 18.4 Å². The lowest BCUT2D eigenvalue weighted by Crippen LogP contribution is -2.15. The SMILES string of the molecule is COC(=O)c1cc(C)cc(Br)c1NCCOc1ccc2ccccc2c1. The van der Waals surface area contributed by atoms with Crippen molar-refractivity contribution in [1.29, 1.82) is 0 Å². The predicted molar refractivity (Wildman–Crippen MR) is 108 cm³/mol. The molecule has 0 saturated heterocycles. The van der Waals surface area contributed by atoms with E-state index in [2.05, 4.69) is 33.4 Å². The minimum atomic E-state index is -0.368. The molecule has 3 rings (SSSR count). The van der Waals surface area contributed by atoms with Gasteiger partial charge in [0.2, 0.25) is 0 Å². The van der Waals surface area contributed by atoms with Gasteiger partial charge >= 0.3 is 5.97 Å². The van der Waals surface area contributed by atoms with Gasteiger partial charge in [0.15, 0.2) is 0 Å². The molecule has 0 unspecified atom stereocenters. The summed E-state index contributed by atoms with van der Waals surface area (Å²) in [7, 11) is 1.38. The maximum Gasteiger partial charge on any atom is 0.340 e. The molecule has 0 atom stereocenters. The van der Waals surface area contributed by atoms with Crippen LogP contribution in [0.1, 0.15) is 15.9 Å².